The van der Waals surface area contributed by atoms with E-state index in [4.69, 9.17) is 23.2 Å². The second-order valence-electron chi connectivity index (χ2n) is 3.33. The van der Waals surface area contributed by atoms with Gasteiger partial charge in [-0.15, -0.1) is 0 Å². The number of halogens is 2. The maximum Gasteiger partial charge on any atom is 0.0627 e. The fourth-order valence-corrected chi connectivity index (χ4v) is 2.22. The van der Waals surface area contributed by atoms with Crippen LogP contribution in [0.3, 0.4) is 0 Å². The van der Waals surface area contributed by atoms with Crippen molar-refractivity contribution in [2.75, 3.05) is 13.1 Å². The van der Waals surface area contributed by atoms with Crippen molar-refractivity contribution in [3.8, 4) is 0 Å². The highest BCUT2D eigenvalue weighted by Gasteiger charge is 2.19. The first-order valence-corrected chi connectivity index (χ1v) is 5.19. The van der Waals surface area contributed by atoms with Crippen LogP contribution in [0.2, 0.25) is 10.0 Å². The van der Waals surface area contributed by atoms with E-state index in [-0.39, 0.29) is 0 Å². The van der Waals surface area contributed by atoms with Crippen LogP contribution in [-0.2, 0) is 0 Å². The Hall–Kier alpha value is -0.240. The maximum atomic E-state index is 6.11. The molecule has 0 aromatic heterocycles. The van der Waals surface area contributed by atoms with Crippen molar-refractivity contribution in [1.82, 2.24) is 5.32 Å². The fraction of sp³-hybridized carbons (Fsp3) is 0.400. The molecule has 70 valence electrons. The highest BCUT2D eigenvalue weighted by atomic mass is 35.5. The SMILES string of the molecule is Clc1cccc([C@@H]2CCNC2)c1Cl. The summed E-state index contributed by atoms with van der Waals surface area (Å²) in [5.74, 6) is 0.534. The van der Waals surface area contributed by atoms with Crippen LogP contribution in [0.5, 0.6) is 0 Å². The van der Waals surface area contributed by atoms with Crippen molar-refractivity contribution in [3.05, 3.63) is 33.8 Å². The molecule has 1 N–H and O–H groups in total. The summed E-state index contributed by atoms with van der Waals surface area (Å²) in [5, 5.41) is 4.69. The van der Waals surface area contributed by atoms with Gasteiger partial charge in [-0.2, -0.15) is 0 Å². The van der Waals surface area contributed by atoms with Crippen molar-refractivity contribution >= 4 is 23.2 Å². The van der Waals surface area contributed by atoms with Gasteiger partial charge >= 0.3 is 0 Å². The first kappa shape index (κ1) is 9.32. The number of benzene rings is 1. The Morgan fingerprint density at radius 2 is 2.15 bits per heavy atom. The smallest absolute Gasteiger partial charge is 0.0627 e. The zero-order valence-corrected chi connectivity index (χ0v) is 8.70. The minimum absolute atomic E-state index is 0.534. The molecule has 0 spiro atoms. The van der Waals surface area contributed by atoms with Crippen molar-refractivity contribution in [3.63, 3.8) is 0 Å². The largest absolute Gasteiger partial charge is 0.316 e. The number of hydrogen-bond acceptors (Lipinski definition) is 1. The summed E-state index contributed by atoms with van der Waals surface area (Å²) in [5.41, 5.74) is 1.18. The second kappa shape index (κ2) is 3.87. The summed E-state index contributed by atoms with van der Waals surface area (Å²) in [6, 6.07) is 5.85. The fourth-order valence-electron chi connectivity index (χ4n) is 1.76. The number of hydrogen-bond donors (Lipinski definition) is 1. The molecule has 13 heavy (non-hydrogen) atoms. The molecule has 1 fully saturated rings. The molecule has 1 aromatic rings. The molecule has 1 nitrogen and oxygen atoms in total. The van der Waals surface area contributed by atoms with Gasteiger partial charge in [-0.05, 0) is 30.5 Å². The lowest BCUT2D eigenvalue weighted by molar-refractivity contribution is 0.764. The van der Waals surface area contributed by atoms with E-state index in [1.807, 2.05) is 12.1 Å². The number of nitrogens with one attached hydrogen (secondary N) is 1. The monoisotopic (exact) mass is 215 g/mol. The van der Waals surface area contributed by atoms with Crippen LogP contribution in [0.4, 0.5) is 0 Å². The summed E-state index contributed by atoms with van der Waals surface area (Å²) in [6.45, 7) is 2.09. The normalized spacial score (nSPS) is 22.2. The predicted molar refractivity (Wildman–Crippen MR) is 56.7 cm³/mol. The molecule has 2 rings (SSSR count). The molecule has 0 unspecified atom stereocenters. The van der Waals surface area contributed by atoms with Crippen LogP contribution < -0.4 is 5.32 Å². The predicted octanol–water partition coefficient (Wildman–Crippen LogP) is 3.07. The van der Waals surface area contributed by atoms with E-state index in [1.54, 1.807) is 0 Å². The molecule has 0 radical (unpaired) electrons. The van der Waals surface area contributed by atoms with E-state index in [9.17, 15) is 0 Å². The van der Waals surface area contributed by atoms with E-state index in [0.29, 0.717) is 10.9 Å². The van der Waals surface area contributed by atoms with Crippen LogP contribution in [0.15, 0.2) is 18.2 Å². The van der Waals surface area contributed by atoms with E-state index < -0.39 is 0 Å². The van der Waals surface area contributed by atoms with Gasteiger partial charge in [0, 0.05) is 6.54 Å². The average molecular weight is 216 g/mol. The Labute approximate surface area is 88.0 Å². The van der Waals surface area contributed by atoms with Gasteiger partial charge in [0.15, 0.2) is 0 Å². The Morgan fingerprint density at radius 3 is 2.85 bits per heavy atom. The van der Waals surface area contributed by atoms with Crippen LogP contribution in [0.25, 0.3) is 0 Å². The van der Waals surface area contributed by atoms with E-state index in [2.05, 4.69) is 11.4 Å². The van der Waals surface area contributed by atoms with Gasteiger partial charge in [-0.25, -0.2) is 0 Å². The van der Waals surface area contributed by atoms with Crippen LogP contribution >= 0.6 is 23.2 Å². The summed E-state index contributed by atoms with van der Waals surface area (Å²) >= 11 is 12.1. The van der Waals surface area contributed by atoms with Crippen molar-refractivity contribution in [2.45, 2.75) is 12.3 Å². The zero-order valence-electron chi connectivity index (χ0n) is 7.19. The zero-order chi connectivity index (χ0) is 9.26. The van der Waals surface area contributed by atoms with Gasteiger partial charge in [0.25, 0.3) is 0 Å². The van der Waals surface area contributed by atoms with Crippen molar-refractivity contribution in [2.24, 2.45) is 0 Å². The minimum atomic E-state index is 0.534. The van der Waals surface area contributed by atoms with Gasteiger partial charge < -0.3 is 5.32 Å². The van der Waals surface area contributed by atoms with Crippen LogP contribution in [0, 0.1) is 0 Å². The Balaban J connectivity index is 2.33. The molecule has 0 amide bonds. The van der Waals surface area contributed by atoms with Crippen molar-refractivity contribution in [1.29, 1.82) is 0 Å². The molecule has 0 aliphatic carbocycles. The van der Waals surface area contributed by atoms with Crippen molar-refractivity contribution < 1.29 is 0 Å². The summed E-state index contributed by atoms with van der Waals surface area (Å²) in [4.78, 5) is 0. The lowest BCUT2D eigenvalue weighted by Gasteiger charge is -2.11. The van der Waals surface area contributed by atoms with Gasteiger partial charge in [-0.3, -0.25) is 0 Å². The van der Waals surface area contributed by atoms with E-state index in [0.717, 1.165) is 24.5 Å². The van der Waals surface area contributed by atoms with Gasteiger partial charge in [0.2, 0.25) is 0 Å². The Morgan fingerprint density at radius 1 is 1.31 bits per heavy atom. The third-order valence-corrected chi connectivity index (χ3v) is 3.32. The molecular weight excluding hydrogens is 205 g/mol. The van der Waals surface area contributed by atoms with E-state index >= 15 is 0 Å². The summed E-state index contributed by atoms with van der Waals surface area (Å²) in [7, 11) is 0. The average Bonchev–Trinajstić information content (AvgIpc) is 2.62. The maximum absolute atomic E-state index is 6.11. The first-order chi connectivity index (χ1) is 6.29. The minimum Gasteiger partial charge on any atom is -0.316 e. The van der Waals surface area contributed by atoms with Crippen LogP contribution in [-0.4, -0.2) is 13.1 Å². The molecule has 3 heteroatoms. The second-order valence-corrected chi connectivity index (χ2v) is 4.12. The molecule has 1 aromatic carbocycles. The highest BCUT2D eigenvalue weighted by Crippen LogP contribution is 2.33. The number of rotatable bonds is 1. The van der Waals surface area contributed by atoms with E-state index in [1.165, 1.54) is 5.56 Å². The molecule has 1 atom stereocenters. The standard InChI is InChI=1S/C10H11Cl2N/c11-9-3-1-2-8(10(9)12)7-4-5-13-6-7/h1-3,7,13H,4-6H2/t7-/m1/s1. The Kier molecular flexibility index (Phi) is 2.77. The lowest BCUT2D eigenvalue weighted by atomic mass is 9.98. The third-order valence-electron chi connectivity index (χ3n) is 2.48. The lowest BCUT2D eigenvalue weighted by Crippen LogP contribution is -2.08. The summed E-state index contributed by atoms with van der Waals surface area (Å²) < 4.78 is 0. The molecule has 1 heterocycles. The molecular formula is C10H11Cl2N. The first-order valence-electron chi connectivity index (χ1n) is 4.43. The topological polar surface area (TPSA) is 12.0 Å². The third kappa shape index (κ3) is 1.83. The molecule has 0 bridgehead atoms. The molecule has 0 saturated carbocycles. The molecule has 1 saturated heterocycles. The molecule has 1 aliphatic rings. The quantitative estimate of drug-likeness (QED) is 0.760. The Bertz CT molecular complexity index is 306. The van der Waals surface area contributed by atoms with Crippen LogP contribution in [0.1, 0.15) is 17.9 Å². The van der Waals surface area contributed by atoms with Gasteiger partial charge in [-0.1, -0.05) is 35.3 Å². The van der Waals surface area contributed by atoms with Gasteiger partial charge in [0.1, 0.15) is 0 Å². The van der Waals surface area contributed by atoms with Gasteiger partial charge in [0.05, 0.1) is 10.0 Å². The highest BCUT2D eigenvalue weighted by molar-refractivity contribution is 6.42. The molecule has 1 aliphatic heterocycles. The summed E-state index contributed by atoms with van der Waals surface area (Å²) in [6.07, 6.45) is 1.15.